The second-order valence-corrected chi connectivity index (χ2v) is 5.41. The molecular formula is C17H14ClNO. The number of hydrogen-bond acceptors (Lipinski definition) is 1. The number of hydrogen-bond donors (Lipinski definition) is 1. The lowest BCUT2D eigenvalue weighted by atomic mass is 9.96. The molecule has 0 bridgehead atoms. The number of aromatic nitrogens is 1. The third-order valence-electron chi connectivity index (χ3n) is 3.74. The molecule has 1 aromatic heterocycles. The Morgan fingerprint density at radius 2 is 1.90 bits per heavy atom. The van der Waals surface area contributed by atoms with Gasteiger partial charge in [-0.3, -0.25) is 4.79 Å². The molecule has 0 atom stereocenters. The van der Waals surface area contributed by atoms with E-state index in [1.54, 1.807) is 12.3 Å². The van der Waals surface area contributed by atoms with Crippen molar-refractivity contribution in [1.29, 1.82) is 0 Å². The van der Waals surface area contributed by atoms with Crippen molar-refractivity contribution in [2.75, 3.05) is 0 Å². The number of aryl methyl sites for hydroxylation is 1. The number of benzene rings is 2. The molecule has 3 rings (SSSR count). The number of carbonyl (C=O) groups excluding carboxylic acids is 1. The van der Waals surface area contributed by atoms with Crippen LogP contribution in [0, 0.1) is 13.8 Å². The number of carbonyl (C=O) groups is 1. The average molecular weight is 284 g/mol. The first-order valence-electron chi connectivity index (χ1n) is 6.45. The SMILES string of the molecule is Cc1cccc(C(=O)c2c[nH]c3cc(Cl)ccc23)c1C. The van der Waals surface area contributed by atoms with E-state index in [9.17, 15) is 4.79 Å². The van der Waals surface area contributed by atoms with Gasteiger partial charge in [-0.05, 0) is 37.1 Å². The van der Waals surface area contributed by atoms with Crippen molar-refractivity contribution in [3.05, 3.63) is 69.9 Å². The lowest BCUT2D eigenvalue weighted by molar-refractivity contribution is 0.103. The average Bonchev–Trinajstić information content (AvgIpc) is 2.84. The van der Waals surface area contributed by atoms with Crippen LogP contribution in [0.25, 0.3) is 10.9 Å². The third-order valence-corrected chi connectivity index (χ3v) is 3.97. The number of nitrogens with one attached hydrogen (secondary N) is 1. The van der Waals surface area contributed by atoms with E-state index in [1.807, 2.05) is 44.2 Å². The van der Waals surface area contributed by atoms with Crippen molar-refractivity contribution in [2.24, 2.45) is 0 Å². The van der Waals surface area contributed by atoms with Crippen molar-refractivity contribution in [1.82, 2.24) is 4.98 Å². The third kappa shape index (κ3) is 2.02. The fourth-order valence-electron chi connectivity index (χ4n) is 2.43. The van der Waals surface area contributed by atoms with Crippen LogP contribution < -0.4 is 0 Å². The lowest BCUT2D eigenvalue weighted by Gasteiger charge is -2.07. The summed E-state index contributed by atoms with van der Waals surface area (Å²) in [5.41, 5.74) is 4.47. The minimum Gasteiger partial charge on any atom is -0.360 e. The molecule has 0 fully saturated rings. The zero-order valence-electron chi connectivity index (χ0n) is 11.3. The molecule has 20 heavy (non-hydrogen) atoms. The van der Waals surface area contributed by atoms with E-state index in [-0.39, 0.29) is 5.78 Å². The standard InChI is InChI=1S/C17H14ClNO/c1-10-4-3-5-13(11(10)2)17(20)15-9-19-16-8-12(18)6-7-14(15)16/h3-9,19H,1-2H3. The van der Waals surface area contributed by atoms with E-state index in [0.29, 0.717) is 10.6 Å². The van der Waals surface area contributed by atoms with Crippen LogP contribution in [0.5, 0.6) is 0 Å². The molecule has 0 aliphatic rings. The molecule has 0 spiro atoms. The molecule has 2 aromatic carbocycles. The molecule has 0 saturated heterocycles. The van der Waals surface area contributed by atoms with Gasteiger partial charge in [-0.15, -0.1) is 0 Å². The Morgan fingerprint density at radius 3 is 2.70 bits per heavy atom. The quantitative estimate of drug-likeness (QED) is 0.681. The van der Waals surface area contributed by atoms with E-state index in [2.05, 4.69) is 4.98 Å². The van der Waals surface area contributed by atoms with Crippen molar-refractivity contribution >= 4 is 28.3 Å². The Hall–Kier alpha value is -2.06. The first kappa shape index (κ1) is 12.9. The second-order valence-electron chi connectivity index (χ2n) is 4.97. The molecule has 0 aliphatic heterocycles. The maximum atomic E-state index is 12.7. The lowest BCUT2D eigenvalue weighted by Crippen LogP contribution is -2.04. The normalized spacial score (nSPS) is 10.9. The number of ketones is 1. The highest BCUT2D eigenvalue weighted by atomic mass is 35.5. The van der Waals surface area contributed by atoms with E-state index < -0.39 is 0 Å². The number of fused-ring (bicyclic) bond motifs is 1. The fraction of sp³-hybridized carbons (Fsp3) is 0.118. The Bertz CT molecular complexity index is 817. The van der Waals surface area contributed by atoms with Crippen molar-refractivity contribution in [2.45, 2.75) is 13.8 Å². The van der Waals surface area contributed by atoms with Crippen molar-refractivity contribution in [3.63, 3.8) is 0 Å². The Balaban J connectivity index is 2.16. The van der Waals surface area contributed by atoms with Gasteiger partial charge >= 0.3 is 0 Å². The summed E-state index contributed by atoms with van der Waals surface area (Å²) in [4.78, 5) is 15.8. The Morgan fingerprint density at radius 1 is 1.10 bits per heavy atom. The smallest absolute Gasteiger partial charge is 0.195 e. The van der Waals surface area contributed by atoms with Gasteiger partial charge in [0.1, 0.15) is 0 Å². The van der Waals surface area contributed by atoms with Crippen LogP contribution in [-0.2, 0) is 0 Å². The summed E-state index contributed by atoms with van der Waals surface area (Å²) in [6.45, 7) is 4.00. The first-order valence-corrected chi connectivity index (χ1v) is 6.83. The summed E-state index contributed by atoms with van der Waals surface area (Å²) in [6, 6.07) is 11.3. The molecule has 0 unspecified atom stereocenters. The minimum absolute atomic E-state index is 0.0415. The van der Waals surface area contributed by atoms with Crippen LogP contribution in [-0.4, -0.2) is 10.8 Å². The van der Waals surface area contributed by atoms with Gasteiger partial charge in [0.25, 0.3) is 0 Å². The minimum atomic E-state index is 0.0415. The monoisotopic (exact) mass is 283 g/mol. The topological polar surface area (TPSA) is 32.9 Å². The summed E-state index contributed by atoms with van der Waals surface area (Å²) in [7, 11) is 0. The summed E-state index contributed by atoms with van der Waals surface area (Å²) < 4.78 is 0. The maximum absolute atomic E-state index is 12.7. The van der Waals surface area contributed by atoms with Gasteiger partial charge < -0.3 is 4.98 Å². The van der Waals surface area contributed by atoms with Crippen LogP contribution in [0.2, 0.25) is 5.02 Å². The zero-order chi connectivity index (χ0) is 14.3. The molecule has 3 aromatic rings. The van der Waals surface area contributed by atoms with Crippen LogP contribution in [0.4, 0.5) is 0 Å². The van der Waals surface area contributed by atoms with Crippen LogP contribution in [0.1, 0.15) is 27.0 Å². The van der Waals surface area contributed by atoms with E-state index >= 15 is 0 Å². The van der Waals surface area contributed by atoms with Gasteiger partial charge in [0.05, 0.1) is 0 Å². The first-order chi connectivity index (χ1) is 9.58. The Labute approximate surface area is 122 Å². The molecule has 0 amide bonds. The van der Waals surface area contributed by atoms with Gasteiger partial charge in [0, 0.05) is 33.2 Å². The molecule has 0 radical (unpaired) electrons. The van der Waals surface area contributed by atoms with Crippen LogP contribution in [0.3, 0.4) is 0 Å². The number of halogens is 1. The Kier molecular flexibility index (Phi) is 3.11. The fourth-order valence-corrected chi connectivity index (χ4v) is 2.60. The molecule has 0 saturated carbocycles. The second kappa shape index (κ2) is 4.80. The molecule has 0 aliphatic carbocycles. The number of H-pyrrole nitrogens is 1. The van der Waals surface area contributed by atoms with Gasteiger partial charge in [0.15, 0.2) is 5.78 Å². The summed E-state index contributed by atoms with van der Waals surface area (Å²) >= 11 is 5.97. The van der Waals surface area contributed by atoms with Gasteiger partial charge in [-0.25, -0.2) is 0 Å². The van der Waals surface area contributed by atoms with Crippen molar-refractivity contribution in [3.8, 4) is 0 Å². The predicted molar refractivity (Wildman–Crippen MR) is 82.7 cm³/mol. The predicted octanol–water partition coefficient (Wildman–Crippen LogP) is 4.67. The molecule has 1 heterocycles. The van der Waals surface area contributed by atoms with E-state index in [0.717, 1.165) is 27.6 Å². The highest BCUT2D eigenvalue weighted by Crippen LogP contribution is 2.25. The summed E-state index contributed by atoms with van der Waals surface area (Å²) in [5, 5.41) is 1.56. The molecular weight excluding hydrogens is 270 g/mol. The highest BCUT2D eigenvalue weighted by Gasteiger charge is 2.16. The maximum Gasteiger partial charge on any atom is 0.195 e. The number of rotatable bonds is 2. The number of aromatic amines is 1. The molecule has 100 valence electrons. The summed E-state index contributed by atoms with van der Waals surface area (Å²) in [6.07, 6.45) is 1.76. The van der Waals surface area contributed by atoms with E-state index in [4.69, 9.17) is 11.6 Å². The molecule has 1 N–H and O–H groups in total. The van der Waals surface area contributed by atoms with Crippen LogP contribution >= 0.6 is 11.6 Å². The van der Waals surface area contributed by atoms with E-state index in [1.165, 1.54) is 0 Å². The van der Waals surface area contributed by atoms with Gasteiger partial charge in [0.2, 0.25) is 0 Å². The van der Waals surface area contributed by atoms with Gasteiger partial charge in [-0.1, -0.05) is 35.9 Å². The van der Waals surface area contributed by atoms with Crippen molar-refractivity contribution < 1.29 is 4.79 Å². The molecule has 2 nitrogen and oxygen atoms in total. The van der Waals surface area contributed by atoms with Gasteiger partial charge in [-0.2, -0.15) is 0 Å². The highest BCUT2D eigenvalue weighted by molar-refractivity contribution is 6.31. The zero-order valence-corrected chi connectivity index (χ0v) is 12.1. The molecule has 3 heteroatoms. The largest absolute Gasteiger partial charge is 0.360 e. The van der Waals surface area contributed by atoms with Crippen LogP contribution in [0.15, 0.2) is 42.6 Å². The summed E-state index contributed by atoms with van der Waals surface area (Å²) in [5.74, 6) is 0.0415.